The van der Waals surface area contributed by atoms with Gasteiger partial charge in [0.15, 0.2) is 0 Å². The molecule has 0 aliphatic carbocycles. The summed E-state index contributed by atoms with van der Waals surface area (Å²) in [4.78, 5) is 29.7. The lowest BCUT2D eigenvalue weighted by Gasteiger charge is -2.33. The Morgan fingerprint density at radius 1 is 1.00 bits per heavy atom. The van der Waals surface area contributed by atoms with Crippen LogP contribution in [0.2, 0.25) is 0 Å². The molecule has 1 aromatic heterocycles. The van der Waals surface area contributed by atoms with Crippen LogP contribution in [-0.2, 0) is 24.2 Å². The second-order valence-electron chi connectivity index (χ2n) is 8.67. The summed E-state index contributed by atoms with van der Waals surface area (Å²) in [6.07, 6.45) is 3.66. The molecule has 166 valence electrons. The second-order valence-corrected chi connectivity index (χ2v) is 8.67. The summed E-state index contributed by atoms with van der Waals surface area (Å²) in [6, 6.07) is 16.5. The number of amides is 1. The molecular formula is C25H29N5O2. The first kappa shape index (κ1) is 20.7. The Balaban J connectivity index is 1.33. The monoisotopic (exact) mass is 431 g/mol. The van der Waals surface area contributed by atoms with Gasteiger partial charge in [-0.15, -0.1) is 0 Å². The van der Waals surface area contributed by atoms with E-state index in [1.54, 1.807) is 4.57 Å². The molecule has 2 aliphatic rings. The van der Waals surface area contributed by atoms with Crippen molar-refractivity contribution >= 4 is 17.3 Å². The summed E-state index contributed by atoms with van der Waals surface area (Å²) >= 11 is 0. The van der Waals surface area contributed by atoms with Gasteiger partial charge in [0, 0.05) is 12.5 Å². The minimum Gasteiger partial charge on any atom is -0.294 e. The number of aromatic amines is 1. The van der Waals surface area contributed by atoms with Gasteiger partial charge in [-0.3, -0.25) is 19.2 Å². The Bertz CT molecular complexity index is 1130. The van der Waals surface area contributed by atoms with E-state index in [-0.39, 0.29) is 17.5 Å². The Hall–Kier alpha value is -3.19. The molecule has 2 aromatic carbocycles. The van der Waals surface area contributed by atoms with Crippen molar-refractivity contribution in [3.63, 3.8) is 0 Å². The molecule has 1 N–H and O–H groups in total. The maximum Gasteiger partial charge on any atom is 0.343 e. The van der Waals surface area contributed by atoms with Crippen molar-refractivity contribution in [2.75, 3.05) is 24.5 Å². The van der Waals surface area contributed by atoms with Gasteiger partial charge in [0.2, 0.25) is 5.91 Å². The highest BCUT2D eigenvalue weighted by atomic mass is 16.2. The van der Waals surface area contributed by atoms with Crippen LogP contribution in [0.1, 0.15) is 42.6 Å². The van der Waals surface area contributed by atoms with Gasteiger partial charge in [-0.1, -0.05) is 36.4 Å². The summed E-state index contributed by atoms with van der Waals surface area (Å²) < 4.78 is 1.72. The number of H-pyrrole nitrogens is 1. The molecule has 0 unspecified atom stereocenters. The van der Waals surface area contributed by atoms with E-state index in [4.69, 9.17) is 0 Å². The van der Waals surface area contributed by atoms with Crippen LogP contribution in [0.4, 0.5) is 11.4 Å². The Labute approximate surface area is 187 Å². The first-order chi connectivity index (χ1) is 15.7. The zero-order valence-electron chi connectivity index (χ0n) is 18.5. The highest BCUT2D eigenvalue weighted by molar-refractivity contribution is 6.03. The normalized spacial score (nSPS) is 17.0. The number of likely N-dealkylation sites (tertiary alicyclic amines) is 1. The van der Waals surface area contributed by atoms with E-state index in [1.807, 2.05) is 36.1 Å². The van der Waals surface area contributed by atoms with Crippen LogP contribution in [0, 0.1) is 0 Å². The number of aryl methyl sites for hydroxylation is 2. The number of fused-ring (bicyclic) bond motifs is 2. The number of benzene rings is 2. The third kappa shape index (κ3) is 3.77. The molecule has 7 nitrogen and oxygen atoms in total. The lowest BCUT2D eigenvalue weighted by Crippen LogP contribution is -2.42. The van der Waals surface area contributed by atoms with Gasteiger partial charge in [-0.25, -0.2) is 9.89 Å². The molecule has 32 heavy (non-hydrogen) atoms. The summed E-state index contributed by atoms with van der Waals surface area (Å²) in [6.45, 7) is 4.61. The fourth-order valence-corrected chi connectivity index (χ4v) is 5.11. The lowest BCUT2D eigenvalue weighted by atomic mass is 9.96. The fourth-order valence-electron chi connectivity index (χ4n) is 5.11. The summed E-state index contributed by atoms with van der Waals surface area (Å²) in [5, 5.41) is 6.84. The van der Waals surface area contributed by atoms with Gasteiger partial charge >= 0.3 is 5.69 Å². The minimum atomic E-state index is -0.140. The van der Waals surface area contributed by atoms with Crippen molar-refractivity contribution in [3.05, 3.63) is 76.0 Å². The SMILES string of the molecule is CCn1c(C2CCN(CC(=O)N3c4ccccc4CCc4ccccc43)CC2)n[nH]c1=O. The maximum absolute atomic E-state index is 13.6. The number of piperidine rings is 1. The number of nitrogens with zero attached hydrogens (tertiary/aromatic N) is 4. The van der Waals surface area contributed by atoms with Crippen molar-refractivity contribution < 1.29 is 4.79 Å². The molecule has 0 radical (unpaired) electrons. The summed E-state index contributed by atoms with van der Waals surface area (Å²) in [5.41, 5.74) is 4.29. The minimum absolute atomic E-state index is 0.107. The number of para-hydroxylation sites is 2. The van der Waals surface area contributed by atoms with Crippen LogP contribution in [0.25, 0.3) is 0 Å². The number of rotatable bonds is 4. The fraction of sp³-hybridized carbons (Fsp3) is 0.400. The number of aromatic nitrogens is 3. The van der Waals surface area contributed by atoms with Crippen molar-refractivity contribution in [1.82, 2.24) is 19.7 Å². The molecule has 7 heteroatoms. The number of anilines is 2. The molecule has 3 aromatic rings. The molecule has 0 saturated carbocycles. The van der Waals surface area contributed by atoms with Gasteiger partial charge in [-0.05, 0) is 69.0 Å². The third-order valence-corrected chi connectivity index (χ3v) is 6.79. The lowest BCUT2D eigenvalue weighted by molar-refractivity contribution is -0.119. The van der Waals surface area contributed by atoms with Gasteiger partial charge < -0.3 is 0 Å². The van der Waals surface area contributed by atoms with Crippen molar-refractivity contribution in [2.24, 2.45) is 0 Å². The van der Waals surface area contributed by atoms with Crippen LogP contribution < -0.4 is 10.6 Å². The number of hydrogen-bond donors (Lipinski definition) is 1. The average Bonchev–Trinajstić information content (AvgIpc) is 3.11. The Morgan fingerprint density at radius 3 is 2.19 bits per heavy atom. The average molecular weight is 432 g/mol. The molecular weight excluding hydrogens is 402 g/mol. The third-order valence-electron chi connectivity index (χ3n) is 6.79. The zero-order valence-corrected chi connectivity index (χ0v) is 18.5. The van der Waals surface area contributed by atoms with Gasteiger partial charge in [0.25, 0.3) is 0 Å². The number of hydrogen-bond acceptors (Lipinski definition) is 4. The van der Waals surface area contributed by atoms with Crippen molar-refractivity contribution in [2.45, 2.75) is 45.1 Å². The van der Waals surface area contributed by atoms with E-state index in [2.05, 4.69) is 39.4 Å². The largest absolute Gasteiger partial charge is 0.343 e. The number of carbonyl (C=O) groups is 1. The van der Waals surface area contributed by atoms with Crippen LogP contribution >= 0.6 is 0 Å². The topological polar surface area (TPSA) is 74.2 Å². The molecule has 3 heterocycles. The van der Waals surface area contributed by atoms with E-state index in [0.29, 0.717) is 13.1 Å². The van der Waals surface area contributed by atoms with Crippen LogP contribution in [-0.4, -0.2) is 45.2 Å². The summed E-state index contributed by atoms with van der Waals surface area (Å²) in [7, 11) is 0. The highest BCUT2D eigenvalue weighted by Crippen LogP contribution is 2.36. The molecule has 0 atom stereocenters. The molecule has 2 aliphatic heterocycles. The molecule has 0 bridgehead atoms. The van der Waals surface area contributed by atoms with Crippen molar-refractivity contribution in [1.29, 1.82) is 0 Å². The van der Waals surface area contributed by atoms with Crippen LogP contribution in [0.15, 0.2) is 53.3 Å². The van der Waals surface area contributed by atoms with Crippen LogP contribution in [0.5, 0.6) is 0 Å². The molecule has 0 spiro atoms. The van der Waals surface area contributed by atoms with E-state index < -0.39 is 0 Å². The van der Waals surface area contributed by atoms with Crippen LogP contribution in [0.3, 0.4) is 0 Å². The summed E-state index contributed by atoms with van der Waals surface area (Å²) in [5.74, 6) is 1.20. The van der Waals surface area contributed by atoms with E-state index in [1.165, 1.54) is 11.1 Å². The van der Waals surface area contributed by atoms with Gasteiger partial charge in [-0.2, -0.15) is 5.10 Å². The van der Waals surface area contributed by atoms with Crippen molar-refractivity contribution in [3.8, 4) is 0 Å². The molecule has 5 rings (SSSR count). The molecule has 1 amide bonds. The number of nitrogens with one attached hydrogen (secondary N) is 1. The molecule has 1 fully saturated rings. The van der Waals surface area contributed by atoms with E-state index in [9.17, 15) is 9.59 Å². The standard InChI is InChI=1S/C25H29N5O2/c1-2-29-24(26-27-25(29)32)20-13-15-28(16-14-20)17-23(31)30-21-9-5-3-7-18(21)11-12-19-8-4-6-10-22(19)30/h3-10,20H,2,11-17H2,1H3,(H,27,32). The van der Waals surface area contributed by atoms with Gasteiger partial charge in [0.05, 0.1) is 17.9 Å². The number of carbonyl (C=O) groups excluding carboxylic acids is 1. The van der Waals surface area contributed by atoms with E-state index in [0.717, 1.165) is 56.0 Å². The predicted octanol–water partition coefficient (Wildman–Crippen LogP) is 3.23. The molecule has 1 saturated heterocycles. The smallest absolute Gasteiger partial charge is 0.294 e. The quantitative estimate of drug-likeness (QED) is 0.688. The first-order valence-corrected chi connectivity index (χ1v) is 11.5. The maximum atomic E-state index is 13.6. The predicted molar refractivity (Wildman–Crippen MR) is 124 cm³/mol. The highest BCUT2D eigenvalue weighted by Gasteiger charge is 2.30. The second kappa shape index (κ2) is 8.74. The zero-order chi connectivity index (χ0) is 22.1. The first-order valence-electron chi connectivity index (χ1n) is 11.5. The Kier molecular flexibility index (Phi) is 5.66. The van der Waals surface area contributed by atoms with E-state index >= 15 is 0 Å². The Morgan fingerprint density at radius 2 is 1.59 bits per heavy atom. The van der Waals surface area contributed by atoms with Gasteiger partial charge in [0.1, 0.15) is 5.82 Å².